The number of pyridine rings is 2. The van der Waals surface area contributed by atoms with Crippen LogP contribution in [0.25, 0.3) is 54.5 Å². The molecule has 0 saturated heterocycles. The first-order valence-electron chi connectivity index (χ1n) is 14.7. The molecule has 0 amide bonds. The minimum Gasteiger partial charge on any atom is -0.501 e. The van der Waals surface area contributed by atoms with Crippen molar-refractivity contribution in [2.24, 2.45) is 0 Å². The predicted octanol–water partition coefficient (Wildman–Crippen LogP) is 9.75. The first-order valence-corrected chi connectivity index (χ1v) is 13.5. The van der Waals surface area contributed by atoms with Crippen molar-refractivity contribution in [2.75, 3.05) is 0 Å². The molecule has 5 heteroatoms. The van der Waals surface area contributed by atoms with E-state index in [1.807, 2.05) is 24.4 Å². The molecule has 0 aliphatic heterocycles. The maximum atomic E-state index is 8.21. The topological polar surface area (TPSA) is 38.9 Å². The molecule has 4 heterocycles. The summed E-state index contributed by atoms with van der Waals surface area (Å²) in [4.78, 5) is 9.77. The molecule has 3 nitrogen and oxygen atoms in total. The van der Waals surface area contributed by atoms with Gasteiger partial charge in [-0.3, -0.25) is 0 Å². The van der Waals surface area contributed by atoms with Gasteiger partial charge in [-0.05, 0) is 73.8 Å². The molecule has 4 aromatic heterocycles. The zero-order valence-electron chi connectivity index (χ0n) is 26.7. The van der Waals surface area contributed by atoms with Crippen molar-refractivity contribution in [2.45, 2.75) is 34.6 Å². The number of aryl methyl sites for hydroxylation is 5. The number of furan rings is 1. The summed E-state index contributed by atoms with van der Waals surface area (Å²) in [6, 6.07) is 21.5. The van der Waals surface area contributed by atoms with E-state index in [9.17, 15) is 0 Å². The third kappa shape index (κ3) is 5.25. The number of hydrogen-bond donors (Lipinski definition) is 0. The normalized spacial score (nSPS) is 12.3. The number of nitrogens with zero attached hydrogens (tertiary/aromatic N) is 2. The first-order chi connectivity index (χ1) is 20.5. The number of aromatic nitrogens is 2. The molecule has 0 atom stereocenters. The Hall–Kier alpha value is -3.63. The number of fused-ring (bicyclic) bond motifs is 4. The number of thiophene rings is 1. The van der Waals surface area contributed by atoms with E-state index in [-0.39, 0.29) is 50.1 Å². The molecule has 7 rings (SSSR count). The molecule has 201 valence electrons. The zero-order chi connectivity index (χ0) is 30.6. The predicted molar refractivity (Wildman–Crippen MR) is 163 cm³/mol. The van der Waals surface area contributed by atoms with Crippen LogP contribution in [0.4, 0.5) is 0 Å². The van der Waals surface area contributed by atoms with Crippen LogP contribution < -0.4 is 0 Å². The molecule has 0 unspecified atom stereocenters. The Morgan fingerprint density at radius 2 is 1.70 bits per heavy atom. The van der Waals surface area contributed by atoms with Gasteiger partial charge in [0.05, 0.1) is 11.1 Å². The van der Waals surface area contributed by atoms with Crippen LogP contribution in [0.2, 0.25) is 0 Å². The molecule has 7 aromatic rings. The molecular weight excluding hydrogens is 689 g/mol. The standard InChI is InChI=1S/C21H14NOS.C14H14N.Ir/c1-12-13(2)24-20-11-19-17(10-16(12)20)14-6-5-7-15(21(14)23-19)18-8-3-4-9-22-18;1-10-4-6-13(7-5-10)14-8-11(2)12(3)9-15-14;/h3-6,8-11H,1-2H3;4-6,8-9H,1-3H3;/q2*-1;/i3D,4D,8D,9D;;. The van der Waals surface area contributed by atoms with E-state index in [0.717, 1.165) is 32.3 Å². The second kappa shape index (κ2) is 11.5. The van der Waals surface area contributed by atoms with Gasteiger partial charge in [-0.25, -0.2) is 0 Å². The van der Waals surface area contributed by atoms with Crippen molar-refractivity contribution in [3.8, 4) is 22.5 Å². The average Bonchev–Trinajstić information content (AvgIpc) is 3.50. The fraction of sp³-hybridized carbons (Fsp3) is 0.143. The minimum absolute atomic E-state index is 0. The Morgan fingerprint density at radius 1 is 0.850 bits per heavy atom. The summed E-state index contributed by atoms with van der Waals surface area (Å²) in [5.74, 6) is 0. The van der Waals surface area contributed by atoms with Crippen molar-refractivity contribution in [1.82, 2.24) is 9.97 Å². The van der Waals surface area contributed by atoms with Gasteiger partial charge in [-0.15, -0.1) is 64.9 Å². The summed E-state index contributed by atoms with van der Waals surface area (Å²) in [5.41, 5.74) is 8.90. The van der Waals surface area contributed by atoms with E-state index >= 15 is 0 Å². The van der Waals surface area contributed by atoms with Gasteiger partial charge < -0.3 is 14.4 Å². The average molecular weight is 721 g/mol. The molecule has 0 aliphatic carbocycles. The van der Waals surface area contributed by atoms with Crippen LogP contribution in [0.15, 0.2) is 83.4 Å². The van der Waals surface area contributed by atoms with Crippen LogP contribution in [0.1, 0.15) is 32.6 Å². The maximum absolute atomic E-state index is 8.21. The van der Waals surface area contributed by atoms with Gasteiger partial charge >= 0.3 is 0 Å². The largest absolute Gasteiger partial charge is 0.501 e. The summed E-state index contributed by atoms with van der Waals surface area (Å²) in [7, 11) is 0. The third-order valence-electron chi connectivity index (χ3n) is 7.05. The molecule has 0 N–H and O–H groups in total. The van der Waals surface area contributed by atoms with Crippen LogP contribution >= 0.6 is 11.3 Å². The minimum atomic E-state index is -0.350. The summed E-state index contributed by atoms with van der Waals surface area (Å²) >= 11 is 1.73. The van der Waals surface area contributed by atoms with E-state index in [1.54, 1.807) is 17.4 Å². The van der Waals surface area contributed by atoms with Crippen molar-refractivity contribution >= 4 is 43.4 Å². The molecule has 0 fully saturated rings. The quantitative estimate of drug-likeness (QED) is 0.167. The summed E-state index contributed by atoms with van der Waals surface area (Å²) < 4.78 is 39.0. The molecule has 0 saturated carbocycles. The number of hydrogen-bond acceptors (Lipinski definition) is 4. The summed E-state index contributed by atoms with van der Waals surface area (Å²) in [5, 5.41) is 3.05. The maximum Gasteiger partial charge on any atom is 0.122 e. The third-order valence-corrected chi connectivity index (χ3v) is 8.22. The second-order valence-corrected chi connectivity index (χ2v) is 11.0. The summed E-state index contributed by atoms with van der Waals surface area (Å²) in [6.45, 7) is 10.5. The Kier molecular flexibility index (Phi) is 6.62. The van der Waals surface area contributed by atoms with Crippen LogP contribution in [0.3, 0.4) is 0 Å². The first kappa shape index (κ1) is 23.1. The monoisotopic (exact) mass is 721 g/mol. The van der Waals surface area contributed by atoms with E-state index in [4.69, 9.17) is 9.90 Å². The Labute approximate surface area is 257 Å². The second-order valence-electron chi connectivity index (χ2n) is 9.71. The zero-order valence-corrected chi connectivity index (χ0v) is 26.0. The van der Waals surface area contributed by atoms with Crippen LogP contribution in [0, 0.1) is 46.8 Å². The smallest absolute Gasteiger partial charge is 0.122 e. The number of rotatable bonds is 2. The fourth-order valence-corrected chi connectivity index (χ4v) is 5.62. The molecule has 3 aromatic carbocycles. The van der Waals surface area contributed by atoms with Crippen LogP contribution in [0.5, 0.6) is 0 Å². The van der Waals surface area contributed by atoms with Crippen LogP contribution in [-0.2, 0) is 20.1 Å². The number of benzene rings is 3. The van der Waals surface area contributed by atoms with Crippen molar-refractivity contribution in [1.29, 1.82) is 0 Å². The molecule has 0 spiro atoms. The van der Waals surface area contributed by atoms with Gasteiger partial charge in [0.1, 0.15) is 5.58 Å². The Balaban J connectivity index is 0.000000204. The van der Waals surface area contributed by atoms with E-state index in [1.165, 1.54) is 32.5 Å². The Bertz CT molecular complexity index is 2190. The van der Waals surface area contributed by atoms with E-state index in [0.29, 0.717) is 11.1 Å². The van der Waals surface area contributed by atoms with Gasteiger partial charge in [0.2, 0.25) is 0 Å². The van der Waals surface area contributed by atoms with E-state index in [2.05, 4.69) is 81.0 Å². The van der Waals surface area contributed by atoms with Gasteiger partial charge in [-0.1, -0.05) is 41.6 Å². The molecule has 1 radical (unpaired) electrons. The molecular formula is C35H28IrN2OS-2. The fourth-order valence-electron chi connectivity index (χ4n) is 4.54. The summed E-state index contributed by atoms with van der Waals surface area (Å²) in [6.07, 6.45) is 1.59. The van der Waals surface area contributed by atoms with E-state index < -0.39 is 0 Å². The van der Waals surface area contributed by atoms with Gasteiger partial charge in [0, 0.05) is 47.4 Å². The van der Waals surface area contributed by atoms with Crippen molar-refractivity contribution in [3.63, 3.8) is 0 Å². The SMILES string of the molecule is Cc1c[c-]c(-c2cc(C)c(C)cn2)cc1.[2H]c1nc(-c2[c-]ccc3c2oc2cc4sc(C)c(C)c4cc23)c([2H])c([2H])c1[2H].[Ir]. The molecule has 40 heavy (non-hydrogen) atoms. The van der Waals surface area contributed by atoms with Crippen LogP contribution in [-0.4, -0.2) is 9.97 Å². The van der Waals surface area contributed by atoms with Crippen molar-refractivity contribution < 1.29 is 30.0 Å². The van der Waals surface area contributed by atoms with Gasteiger partial charge in [0.15, 0.2) is 0 Å². The van der Waals surface area contributed by atoms with Gasteiger partial charge in [0.25, 0.3) is 0 Å². The molecule has 0 bridgehead atoms. The Morgan fingerprint density at radius 3 is 2.48 bits per heavy atom. The van der Waals surface area contributed by atoms with Crippen molar-refractivity contribution in [3.05, 3.63) is 118 Å². The van der Waals surface area contributed by atoms with Gasteiger partial charge in [-0.2, -0.15) is 0 Å². The molecule has 0 aliphatic rings.